The Balaban J connectivity index is 3.92. The minimum absolute atomic E-state index is 0.952. The molecule has 0 heterocycles. The summed E-state index contributed by atoms with van der Waals surface area (Å²) in [5.41, 5.74) is 0. The van der Waals surface area contributed by atoms with E-state index in [2.05, 4.69) is 31.7 Å². The zero-order chi connectivity index (χ0) is 10.8. The van der Waals surface area contributed by atoms with Gasteiger partial charge < -0.3 is 4.74 Å². The fraction of sp³-hybridized carbons (Fsp3) is 0.833. The van der Waals surface area contributed by atoms with Crippen molar-refractivity contribution in [2.75, 3.05) is 26.7 Å². The van der Waals surface area contributed by atoms with Crippen LogP contribution >= 0.6 is 0 Å². The van der Waals surface area contributed by atoms with E-state index in [1.54, 1.807) is 7.11 Å². The summed E-state index contributed by atoms with van der Waals surface area (Å²) in [7, 11) is 1.77. The summed E-state index contributed by atoms with van der Waals surface area (Å²) in [6.45, 7) is 9.71. The van der Waals surface area contributed by atoms with Crippen molar-refractivity contribution >= 4 is 0 Å². The van der Waals surface area contributed by atoms with Crippen LogP contribution in [0.3, 0.4) is 0 Å². The molecule has 0 saturated heterocycles. The van der Waals surface area contributed by atoms with Gasteiger partial charge in [0.15, 0.2) is 0 Å². The number of hydrogen-bond acceptors (Lipinski definition) is 2. The Kier molecular flexibility index (Phi) is 8.75. The normalized spacial score (nSPS) is 12.2. The molecule has 0 N–H and O–H groups in total. The maximum atomic E-state index is 5.35. The summed E-state index contributed by atoms with van der Waals surface area (Å²) in [6, 6.07) is 0. The van der Waals surface area contributed by atoms with E-state index >= 15 is 0 Å². The van der Waals surface area contributed by atoms with Crippen molar-refractivity contribution in [3.05, 3.63) is 11.8 Å². The first-order valence-corrected chi connectivity index (χ1v) is 5.73. The topological polar surface area (TPSA) is 12.5 Å². The lowest BCUT2D eigenvalue weighted by Crippen LogP contribution is -2.25. The van der Waals surface area contributed by atoms with Gasteiger partial charge in [-0.1, -0.05) is 27.2 Å². The molecule has 0 aromatic rings. The van der Waals surface area contributed by atoms with Crippen molar-refractivity contribution < 1.29 is 4.74 Å². The Morgan fingerprint density at radius 1 is 1.21 bits per heavy atom. The molecule has 0 aliphatic heterocycles. The van der Waals surface area contributed by atoms with Crippen molar-refractivity contribution in [3.8, 4) is 0 Å². The smallest absolute Gasteiger partial charge is 0.106 e. The predicted molar refractivity (Wildman–Crippen MR) is 62.4 cm³/mol. The number of rotatable bonds is 8. The standard InChI is InChI=1S/C12H25NO/c1-5-8-9-10-12(14-4)11-13(6-2)7-3/h10H,5-9,11H2,1-4H3/b12-10+. The maximum Gasteiger partial charge on any atom is 0.106 e. The van der Waals surface area contributed by atoms with Gasteiger partial charge in [0.1, 0.15) is 5.76 Å². The summed E-state index contributed by atoms with van der Waals surface area (Å²) in [6.07, 6.45) is 5.87. The second-order valence-electron chi connectivity index (χ2n) is 3.48. The number of ether oxygens (including phenoxy) is 1. The van der Waals surface area contributed by atoms with Gasteiger partial charge in [-0.05, 0) is 32.0 Å². The van der Waals surface area contributed by atoms with Gasteiger partial charge in [-0.2, -0.15) is 0 Å². The quantitative estimate of drug-likeness (QED) is 0.440. The molecule has 0 rings (SSSR count). The third-order valence-corrected chi connectivity index (χ3v) is 2.47. The molecule has 2 nitrogen and oxygen atoms in total. The largest absolute Gasteiger partial charge is 0.500 e. The van der Waals surface area contributed by atoms with Gasteiger partial charge >= 0.3 is 0 Å². The van der Waals surface area contributed by atoms with E-state index in [4.69, 9.17) is 4.74 Å². The van der Waals surface area contributed by atoms with Gasteiger partial charge in [0.05, 0.1) is 13.7 Å². The fourth-order valence-electron chi connectivity index (χ4n) is 1.35. The molecule has 0 spiro atoms. The van der Waals surface area contributed by atoms with Crippen molar-refractivity contribution in [2.45, 2.75) is 40.0 Å². The van der Waals surface area contributed by atoms with Crippen LogP contribution in [-0.4, -0.2) is 31.6 Å². The number of methoxy groups -OCH3 is 1. The first kappa shape index (κ1) is 13.5. The van der Waals surface area contributed by atoms with Crippen LogP contribution in [0.25, 0.3) is 0 Å². The molecule has 0 aromatic heterocycles. The third kappa shape index (κ3) is 6.03. The molecular formula is C12H25NO. The molecule has 0 saturated carbocycles. The van der Waals surface area contributed by atoms with Gasteiger partial charge in [0.2, 0.25) is 0 Å². The van der Waals surface area contributed by atoms with Crippen LogP contribution in [0.5, 0.6) is 0 Å². The fourth-order valence-corrected chi connectivity index (χ4v) is 1.35. The van der Waals surface area contributed by atoms with Crippen LogP contribution in [0, 0.1) is 0 Å². The van der Waals surface area contributed by atoms with E-state index < -0.39 is 0 Å². The number of nitrogens with zero attached hydrogens (tertiary/aromatic N) is 1. The zero-order valence-corrected chi connectivity index (χ0v) is 10.2. The first-order valence-electron chi connectivity index (χ1n) is 5.73. The highest BCUT2D eigenvalue weighted by Gasteiger charge is 2.02. The summed E-state index contributed by atoms with van der Waals surface area (Å²) < 4.78 is 5.35. The number of unbranched alkanes of at least 4 members (excludes halogenated alkanes) is 2. The molecule has 0 aromatic carbocycles. The summed E-state index contributed by atoms with van der Waals surface area (Å²) in [4.78, 5) is 2.36. The van der Waals surface area contributed by atoms with Gasteiger partial charge in [-0.15, -0.1) is 0 Å². The zero-order valence-electron chi connectivity index (χ0n) is 10.2. The Labute approximate surface area is 88.9 Å². The first-order chi connectivity index (χ1) is 6.78. The molecule has 0 amide bonds. The highest BCUT2D eigenvalue weighted by molar-refractivity contribution is 4.95. The monoisotopic (exact) mass is 199 g/mol. The SMILES string of the molecule is CCCC/C=C(\CN(CC)CC)OC. The molecule has 0 unspecified atom stereocenters. The van der Waals surface area contributed by atoms with E-state index in [0.717, 1.165) is 31.8 Å². The second kappa shape index (κ2) is 9.07. The molecule has 0 radical (unpaired) electrons. The Hall–Kier alpha value is -0.500. The van der Waals surface area contributed by atoms with Crippen LogP contribution in [-0.2, 0) is 4.74 Å². The minimum Gasteiger partial charge on any atom is -0.500 e. The van der Waals surface area contributed by atoms with Gasteiger partial charge in [-0.3, -0.25) is 4.90 Å². The Bertz CT molecular complexity index is 150. The molecular weight excluding hydrogens is 174 g/mol. The van der Waals surface area contributed by atoms with Crippen LogP contribution in [0.1, 0.15) is 40.0 Å². The molecule has 0 aliphatic carbocycles. The lowest BCUT2D eigenvalue weighted by atomic mass is 10.2. The molecule has 2 heteroatoms. The molecule has 0 bridgehead atoms. The number of allylic oxidation sites excluding steroid dienone is 1. The second-order valence-corrected chi connectivity index (χ2v) is 3.48. The molecule has 0 atom stereocenters. The van der Waals surface area contributed by atoms with Crippen LogP contribution in [0.4, 0.5) is 0 Å². The van der Waals surface area contributed by atoms with Crippen molar-refractivity contribution in [1.82, 2.24) is 4.90 Å². The predicted octanol–water partition coefficient (Wildman–Crippen LogP) is 3.05. The average molecular weight is 199 g/mol. The lowest BCUT2D eigenvalue weighted by molar-refractivity contribution is 0.222. The Morgan fingerprint density at radius 3 is 2.29 bits per heavy atom. The molecule has 14 heavy (non-hydrogen) atoms. The summed E-state index contributed by atoms with van der Waals surface area (Å²) >= 11 is 0. The van der Waals surface area contributed by atoms with Crippen LogP contribution in [0.15, 0.2) is 11.8 Å². The maximum absolute atomic E-state index is 5.35. The van der Waals surface area contributed by atoms with Gasteiger partial charge in [-0.25, -0.2) is 0 Å². The minimum atomic E-state index is 0.952. The highest BCUT2D eigenvalue weighted by Crippen LogP contribution is 2.04. The van der Waals surface area contributed by atoms with E-state index in [9.17, 15) is 0 Å². The van der Waals surface area contributed by atoms with Crippen molar-refractivity contribution in [2.24, 2.45) is 0 Å². The van der Waals surface area contributed by atoms with E-state index in [1.165, 1.54) is 12.8 Å². The van der Waals surface area contributed by atoms with Crippen molar-refractivity contribution in [3.63, 3.8) is 0 Å². The third-order valence-electron chi connectivity index (χ3n) is 2.47. The van der Waals surface area contributed by atoms with Gasteiger partial charge in [0, 0.05) is 0 Å². The molecule has 0 fully saturated rings. The summed E-state index contributed by atoms with van der Waals surface area (Å²) in [5.74, 6) is 1.11. The van der Waals surface area contributed by atoms with Crippen LogP contribution < -0.4 is 0 Å². The average Bonchev–Trinajstić information content (AvgIpc) is 2.23. The van der Waals surface area contributed by atoms with E-state index in [-0.39, 0.29) is 0 Å². The number of hydrogen-bond donors (Lipinski definition) is 0. The highest BCUT2D eigenvalue weighted by atomic mass is 16.5. The van der Waals surface area contributed by atoms with Gasteiger partial charge in [0.25, 0.3) is 0 Å². The molecule has 84 valence electrons. The Morgan fingerprint density at radius 2 is 1.86 bits per heavy atom. The summed E-state index contributed by atoms with van der Waals surface area (Å²) in [5, 5.41) is 0. The molecule has 0 aliphatic rings. The number of likely N-dealkylation sites (N-methyl/N-ethyl adjacent to an activating group) is 1. The van der Waals surface area contributed by atoms with Crippen molar-refractivity contribution in [1.29, 1.82) is 0 Å². The van der Waals surface area contributed by atoms with E-state index in [1.807, 2.05) is 0 Å². The lowest BCUT2D eigenvalue weighted by Gasteiger charge is -2.19. The van der Waals surface area contributed by atoms with Crippen LogP contribution in [0.2, 0.25) is 0 Å². The van der Waals surface area contributed by atoms with E-state index in [0.29, 0.717) is 0 Å².